The smallest absolute Gasteiger partial charge is 0.239 e. The molecule has 0 spiro atoms. The molecule has 14 heteroatoms. The van der Waals surface area contributed by atoms with Gasteiger partial charge in [0, 0.05) is 40.5 Å². The van der Waals surface area contributed by atoms with Gasteiger partial charge in [0.05, 0.1) is 45.0 Å². The van der Waals surface area contributed by atoms with E-state index in [0.717, 1.165) is 31.6 Å². The number of rotatable bonds is 10. The molecule has 2 aliphatic carbocycles. The minimum atomic E-state index is -1.54. The lowest BCUT2D eigenvalue weighted by atomic mass is 9.71. The van der Waals surface area contributed by atoms with Crippen molar-refractivity contribution < 1.29 is 23.1 Å². The number of fused-ring (bicyclic) bond motifs is 2. The van der Waals surface area contributed by atoms with E-state index in [1.165, 1.54) is 25.3 Å². The molecule has 1 saturated heterocycles. The van der Waals surface area contributed by atoms with Crippen LogP contribution in [-0.2, 0) is 10.2 Å². The van der Waals surface area contributed by atoms with Gasteiger partial charge in [-0.15, -0.1) is 0 Å². The highest BCUT2D eigenvalue weighted by Gasteiger charge is 2.55. The molecular formula is C39H46ClF3N8O2. The summed E-state index contributed by atoms with van der Waals surface area (Å²) in [5.74, 6) is -2.41. The Labute approximate surface area is 312 Å². The number of aromatic nitrogens is 4. The van der Waals surface area contributed by atoms with Crippen LogP contribution in [0.2, 0.25) is 5.02 Å². The van der Waals surface area contributed by atoms with Crippen molar-refractivity contribution in [3.05, 3.63) is 58.6 Å². The van der Waals surface area contributed by atoms with Gasteiger partial charge in [-0.3, -0.25) is 20.0 Å². The molecule has 1 amide bonds. The van der Waals surface area contributed by atoms with Crippen molar-refractivity contribution in [1.29, 1.82) is 0 Å². The largest absolute Gasteiger partial charge is 0.374 e. The number of anilines is 3. The van der Waals surface area contributed by atoms with Gasteiger partial charge < -0.3 is 19.9 Å². The number of aliphatic hydroxyl groups is 1. The molecule has 8 rings (SSSR count). The minimum Gasteiger partial charge on any atom is -0.374 e. The summed E-state index contributed by atoms with van der Waals surface area (Å²) in [6, 6.07) is 4.96. The molecule has 1 atom stereocenters. The van der Waals surface area contributed by atoms with E-state index in [4.69, 9.17) is 21.6 Å². The first kappa shape index (κ1) is 36.2. The maximum Gasteiger partial charge on any atom is 0.239 e. The lowest BCUT2D eigenvalue weighted by Gasteiger charge is -2.55. The highest BCUT2D eigenvalue weighted by molar-refractivity contribution is 6.31. The second-order valence-electron chi connectivity index (χ2n) is 16.5. The van der Waals surface area contributed by atoms with Crippen molar-refractivity contribution in [2.24, 2.45) is 0 Å². The van der Waals surface area contributed by atoms with Gasteiger partial charge in [0.25, 0.3) is 0 Å². The van der Waals surface area contributed by atoms with Crippen molar-refractivity contribution in [3.8, 4) is 11.3 Å². The Balaban J connectivity index is 1.17. The number of pyridine rings is 2. The predicted molar refractivity (Wildman–Crippen MR) is 199 cm³/mol. The van der Waals surface area contributed by atoms with Gasteiger partial charge in [-0.05, 0) is 104 Å². The number of benzene rings is 1. The third-order valence-electron chi connectivity index (χ3n) is 12.0. The number of likely N-dealkylation sites (tertiary alicyclic amines) is 1. The van der Waals surface area contributed by atoms with Gasteiger partial charge in [-0.2, -0.15) is 0 Å². The first-order chi connectivity index (χ1) is 25.2. The summed E-state index contributed by atoms with van der Waals surface area (Å²) in [6.45, 7) is 11.5. The van der Waals surface area contributed by atoms with Crippen molar-refractivity contribution in [2.45, 2.75) is 114 Å². The first-order valence-electron chi connectivity index (χ1n) is 18.6. The van der Waals surface area contributed by atoms with E-state index < -0.39 is 40.5 Å². The van der Waals surface area contributed by atoms with E-state index in [-0.39, 0.29) is 40.6 Å². The van der Waals surface area contributed by atoms with Crippen LogP contribution in [0.3, 0.4) is 0 Å². The van der Waals surface area contributed by atoms with E-state index in [1.807, 2.05) is 49.3 Å². The van der Waals surface area contributed by atoms with Gasteiger partial charge in [-0.25, -0.2) is 23.1 Å². The Morgan fingerprint density at radius 3 is 2.42 bits per heavy atom. The number of nitrogens with one attached hydrogen (secondary N) is 2. The normalized spacial score (nSPS) is 24.1. The molecule has 3 aromatic heterocycles. The molecule has 1 aromatic carbocycles. The summed E-state index contributed by atoms with van der Waals surface area (Å²) >= 11 is 6.19. The molecule has 0 bridgehead atoms. The quantitative estimate of drug-likeness (QED) is 0.111. The molecule has 4 aromatic rings. The Morgan fingerprint density at radius 2 is 1.75 bits per heavy atom. The summed E-state index contributed by atoms with van der Waals surface area (Å²) in [7, 11) is 0. The minimum absolute atomic E-state index is 0.0242. The topological polar surface area (TPSA) is 111 Å². The lowest BCUT2D eigenvalue weighted by Crippen LogP contribution is -2.64. The van der Waals surface area contributed by atoms with Crippen molar-refractivity contribution >= 4 is 45.7 Å². The number of hydrogen-bond acceptors (Lipinski definition) is 8. The molecule has 3 N–H and O–H groups in total. The van der Waals surface area contributed by atoms with Crippen molar-refractivity contribution in [3.63, 3.8) is 0 Å². The standard InChI is InChI=1S/C39H46ClF3N8O2/c1-21(2)50-20-45-27-15-25(46-34(32(27)50)47-26-14-24(29(40)31(43)30(26)42)35(52)48-39(19-41)9-10-39)22-13-28-33(44-18-22)37(3,4)36(53)51(28)23-16-38(5,17-23)49-11-7-6-8-12-49/h13-15,18,20-21,23,35,48,52H,6-12,16-17,19H2,1-5H3,(H,46,47)/t23-,35?,38+. The zero-order valence-corrected chi connectivity index (χ0v) is 31.5. The summed E-state index contributed by atoms with van der Waals surface area (Å²) in [6.07, 6.45) is 8.25. The van der Waals surface area contributed by atoms with Crippen LogP contribution in [0.15, 0.2) is 30.7 Å². The monoisotopic (exact) mass is 750 g/mol. The third kappa shape index (κ3) is 5.98. The van der Waals surface area contributed by atoms with Gasteiger partial charge in [0.15, 0.2) is 17.5 Å². The van der Waals surface area contributed by atoms with Gasteiger partial charge in [0.2, 0.25) is 5.91 Å². The summed E-state index contributed by atoms with van der Waals surface area (Å²) < 4.78 is 46.4. The Hall–Kier alpha value is -3.78. The molecule has 5 heterocycles. The summed E-state index contributed by atoms with van der Waals surface area (Å²) in [5, 5.41) is 16.1. The molecule has 3 fully saturated rings. The maximum absolute atomic E-state index is 15.6. The number of halogens is 4. The van der Waals surface area contributed by atoms with Crippen LogP contribution >= 0.6 is 11.6 Å². The number of alkyl halides is 1. The number of carbonyl (C=O) groups is 1. The number of hydrogen-bond donors (Lipinski definition) is 3. The van der Waals surface area contributed by atoms with Gasteiger partial charge in [-0.1, -0.05) is 18.0 Å². The number of amides is 1. The molecule has 53 heavy (non-hydrogen) atoms. The molecule has 1 unspecified atom stereocenters. The number of carbonyl (C=O) groups excluding carboxylic acids is 1. The molecule has 282 valence electrons. The molecule has 2 saturated carbocycles. The van der Waals surface area contributed by atoms with E-state index in [9.17, 15) is 14.3 Å². The zero-order valence-electron chi connectivity index (χ0n) is 30.7. The fourth-order valence-corrected chi connectivity index (χ4v) is 8.77. The fourth-order valence-electron chi connectivity index (χ4n) is 8.53. The van der Waals surface area contributed by atoms with Crippen LogP contribution in [0.25, 0.3) is 22.3 Å². The second-order valence-corrected chi connectivity index (χ2v) is 16.9. The number of aliphatic hydroxyl groups excluding tert-OH is 1. The van der Waals surface area contributed by atoms with Crippen molar-refractivity contribution in [1.82, 2.24) is 29.7 Å². The molecule has 0 radical (unpaired) electrons. The third-order valence-corrected chi connectivity index (χ3v) is 12.4. The van der Waals surface area contributed by atoms with Crippen LogP contribution in [0.1, 0.15) is 103 Å². The summed E-state index contributed by atoms with van der Waals surface area (Å²) in [4.78, 5) is 33.0. The number of nitrogens with zero attached hydrogens (tertiary/aromatic N) is 6. The van der Waals surface area contributed by atoms with E-state index in [1.54, 1.807) is 12.5 Å². The van der Waals surface area contributed by atoms with Gasteiger partial charge >= 0.3 is 0 Å². The van der Waals surface area contributed by atoms with E-state index >= 15 is 8.78 Å². The Kier molecular flexibility index (Phi) is 8.83. The van der Waals surface area contributed by atoms with Crippen LogP contribution in [-0.4, -0.2) is 72.3 Å². The van der Waals surface area contributed by atoms with Crippen LogP contribution in [0, 0.1) is 11.6 Å². The fraction of sp³-hybridized carbons (Fsp3) is 0.538. The van der Waals surface area contributed by atoms with Crippen LogP contribution < -0.4 is 15.5 Å². The highest BCUT2D eigenvalue weighted by Crippen LogP contribution is 2.50. The SMILES string of the molecule is CC(C)n1cnc2cc(-c3cnc4c(c3)N([C@H]3C[C@@](C)(N5CCCCC5)C3)C(=O)C4(C)C)nc(Nc3cc(C(O)NC4(CF)CC4)c(Cl)c(F)c3F)c21. The van der Waals surface area contributed by atoms with E-state index in [2.05, 4.69) is 27.4 Å². The average Bonchev–Trinajstić information content (AvgIpc) is 3.71. The molecule has 2 aliphatic heterocycles. The van der Waals surface area contributed by atoms with Crippen LogP contribution in [0.4, 0.5) is 30.4 Å². The first-order valence-corrected chi connectivity index (χ1v) is 19.0. The van der Waals surface area contributed by atoms with E-state index in [0.29, 0.717) is 40.8 Å². The second kappa shape index (κ2) is 12.9. The zero-order chi connectivity index (χ0) is 37.6. The Morgan fingerprint density at radius 1 is 1.04 bits per heavy atom. The van der Waals surface area contributed by atoms with Crippen molar-refractivity contribution in [2.75, 3.05) is 30.0 Å². The molecular weight excluding hydrogens is 705 g/mol. The van der Waals surface area contributed by atoms with Gasteiger partial charge in [0.1, 0.15) is 18.4 Å². The molecule has 10 nitrogen and oxygen atoms in total. The predicted octanol–water partition coefficient (Wildman–Crippen LogP) is 7.86. The number of imidazole rings is 1. The average molecular weight is 751 g/mol. The number of piperidine rings is 1. The highest BCUT2D eigenvalue weighted by atomic mass is 35.5. The molecule has 4 aliphatic rings. The lowest BCUT2D eigenvalue weighted by molar-refractivity contribution is -0.123. The van der Waals surface area contributed by atoms with Crippen LogP contribution in [0.5, 0.6) is 0 Å². The maximum atomic E-state index is 15.6. The Bertz CT molecular complexity index is 2110. The summed E-state index contributed by atoms with van der Waals surface area (Å²) in [5.41, 5.74) is 1.53.